The van der Waals surface area contributed by atoms with E-state index in [4.69, 9.17) is 14.2 Å². The first kappa shape index (κ1) is 23.1. The highest BCUT2D eigenvalue weighted by Crippen LogP contribution is 2.32. The number of carbonyl (C=O) groups is 2. The van der Waals surface area contributed by atoms with Crippen molar-refractivity contribution >= 4 is 45.2 Å². The van der Waals surface area contributed by atoms with Crippen molar-refractivity contribution in [1.29, 1.82) is 0 Å². The molecule has 9 nitrogen and oxygen atoms in total. The second kappa shape index (κ2) is 10.7. The van der Waals surface area contributed by atoms with Gasteiger partial charge in [0.15, 0.2) is 16.7 Å². The van der Waals surface area contributed by atoms with Gasteiger partial charge < -0.3 is 19.5 Å². The van der Waals surface area contributed by atoms with Crippen molar-refractivity contribution in [2.75, 3.05) is 19.2 Å². The third-order valence-electron chi connectivity index (χ3n) is 4.87. The van der Waals surface area contributed by atoms with Gasteiger partial charge in [0.2, 0.25) is 12.7 Å². The molecule has 174 valence electrons. The molecule has 11 heteroatoms. The summed E-state index contributed by atoms with van der Waals surface area (Å²) < 4.78 is 17.7. The number of hydrogen-bond acceptors (Lipinski definition) is 9. The van der Waals surface area contributed by atoms with Gasteiger partial charge in [0.05, 0.1) is 17.9 Å². The summed E-state index contributed by atoms with van der Waals surface area (Å²) >= 11 is 2.49. The number of ether oxygens (including phenoxy) is 3. The monoisotopic (exact) mass is 489 g/mol. The second-order valence-electron chi connectivity index (χ2n) is 7.15. The maximum atomic E-state index is 12.9. The lowest BCUT2D eigenvalue weighted by molar-refractivity contribution is -0.139. The summed E-state index contributed by atoms with van der Waals surface area (Å²) in [6.07, 6.45) is 0.708. The van der Waals surface area contributed by atoms with Crippen LogP contribution in [0.3, 0.4) is 0 Å². The number of hydrogen-bond donors (Lipinski definition) is 1. The van der Waals surface area contributed by atoms with Crippen LogP contribution in [-0.4, -0.2) is 40.6 Å². The van der Waals surface area contributed by atoms with Gasteiger partial charge in [0.25, 0.3) is 5.56 Å². The maximum absolute atomic E-state index is 12.9. The Balaban J connectivity index is 1.35. The number of aromatic nitrogens is 2. The second-order valence-corrected chi connectivity index (χ2v) is 9.01. The molecule has 1 N–H and O–H groups in total. The van der Waals surface area contributed by atoms with Crippen LogP contribution >= 0.6 is 23.1 Å². The minimum absolute atomic E-state index is 0.0615. The van der Waals surface area contributed by atoms with Crippen molar-refractivity contribution in [3.8, 4) is 11.5 Å². The van der Waals surface area contributed by atoms with Gasteiger partial charge in [-0.15, -0.1) is 11.3 Å². The van der Waals surface area contributed by atoms with Crippen molar-refractivity contribution in [2.24, 2.45) is 0 Å². The minimum atomic E-state index is -0.364. The van der Waals surface area contributed by atoms with Crippen molar-refractivity contribution in [3.05, 3.63) is 45.6 Å². The Kier molecular flexibility index (Phi) is 7.50. The van der Waals surface area contributed by atoms with E-state index in [1.165, 1.54) is 15.9 Å². The van der Waals surface area contributed by atoms with Gasteiger partial charge in [0, 0.05) is 19.5 Å². The summed E-state index contributed by atoms with van der Waals surface area (Å²) in [4.78, 5) is 41.6. The zero-order chi connectivity index (χ0) is 23.2. The fourth-order valence-electron chi connectivity index (χ4n) is 3.29. The SMILES string of the molecule is CCOC(=O)CSc1nc2ccsc2c(=O)n1CCCC(=O)NCc1ccc2c(c1)OCO2. The number of thioether (sulfide) groups is 1. The summed E-state index contributed by atoms with van der Waals surface area (Å²) in [7, 11) is 0. The average molecular weight is 490 g/mol. The van der Waals surface area contributed by atoms with E-state index in [1.54, 1.807) is 13.0 Å². The summed E-state index contributed by atoms with van der Waals surface area (Å²) in [5.74, 6) is 0.948. The molecule has 0 unspecified atom stereocenters. The first-order valence-electron chi connectivity index (χ1n) is 10.5. The number of nitrogens with zero attached hydrogens (tertiary/aromatic N) is 2. The zero-order valence-corrected chi connectivity index (χ0v) is 19.6. The Hall–Kier alpha value is -3.05. The van der Waals surface area contributed by atoms with Gasteiger partial charge in [-0.1, -0.05) is 17.8 Å². The molecule has 1 aromatic carbocycles. The average Bonchev–Trinajstić information content (AvgIpc) is 3.47. The highest BCUT2D eigenvalue weighted by Gasteiger charge is 2.16. The molecule has 1 aliphatic rings. The molecule has 3 heterocycles. The number of thiophene rings is 1. The summed E-state index contributed by atoms with van der Waals surface area (Å²) in [5, 5.41) is 5.14. The van der Waals surface area contributed by atoms with Crippen LogP contribution in [0, 0.1) is 0 Å². The van der Waals surface area contributed by atoms with E-state index in [2.05, 4.69) is 10.3 Å². The van der Waals surface area contributed by atoms with Gasteiger partial charge in [-0.2, -0.15) is 0 Å². The first-order chi connectivity index (χ1) is 16.0. The summed E-state index contributed by atoms with van der Waals surface area (Å²) in [5.41, 5.74) is 1.35. The van der Waals surface area contributed by atoms with Crippen molar-refractivity contribution in [3.63, 3.8) is 0 Å². The number of carbonyl (C=O) groups excluding carboxylic acids is 2. The van der Waals surface area contributed by atoms with E-state index in [9.17, 15) is 14.4 Å². The Morgan fingerprint density at radius 2 is 2.12 bits per heavy atom. The predicted octanol–water partition coefficient (Wildman–Crippen LogP) is 2.94. The van der Waals surface area contributed by atoms with Crippen LogP contribution in [0.25, 0.3) is 10.2 Å². The van der Waals surface area contributed by atoms with Crippen LogP contribution in [0.4, 0.5) is 0 Å². The van der Waals surface area contributed by atoms with E-state index >= 15 is 0 Å². The molecule has 0 fully saturated rings. The fraction of sp³-hybridized carbons (Fsp3) is 0.364. The van der Waals surface area contributed by atoms with E-state index in [0.29, 0.717) is 53.0 Å². The molecule has 3 aromatic rings. The number of rotatable bonds is 10. The predicted molar refractivity (Wildman–Crippen MR) is 125 cm³/mol. The van der Waals surface area contributed by atoms with Crippen LogP contribution in [-0.2, 0) is 27.4 Å². The summed E-state index contributed by atoms with van der Waals surface area (Å²) in [6.45, 7) is 2.94. The van der Waals surface area contributed by atoms with E-state index in [0.717, 1.165) is 17.3 Å². The number of esters is 1. The molecule has 1 aliphatic heterocycles. The smallest absolute Gasteiger partial charge is 0.316 e. The third-order valence-corrected chi connectivity index (χ3v) is 6.71. The van der Waals surface area contributed by atoms with Crippen LogP contribution in [0.5, 0.6) is 11.5 Å². The molecule has 0 spiro atoms. The number of benzene rings is 1. The van der Waals surface area contributed by atoms with Crippen molar-refractivity contribution < 1.29 is 23.8 Å². The maximum Gasteiger partial charge on any atom is 0.316 e. The number of nitrogens with one attached hydrogen (secondary N) is 1. The first-order valence-corrected chi connectivity index (χ1v) is 12.3. The summed E-state index contributed by atoms with van der Waals surface area (Å²) in [6, 6.07) is 7.32. The Labute approximate surface area is 198 Å². The molecule has 0 radical (unpaired) electrons. The molecule has 0 saturated heterocycles. The molecule has 1 amide bonds. The van der Waals surface area contributed by atoms with Crippen molar-refractivity contribution in [1.82, 2.24) is 14.9 Å². The van der Waals surface area contributed by atoms with Crippen LogP contribution < -0.4 is 20.3 Å². The molecule has 0 saturated carbocycles. The molecule has 0 bridgehead atoms. The minimum Gasteiger partial charge on any atom is -0.465 e. The highest BCUT2D eigenvalue weighted by atomic mass is 32.2. The molecule has 2 aromatic heterocycles. The van der Waals surface area contributed by atoms with Gasteiger partial charge in [-0.25, -0.2) is 4.98 Å². The highest BCUT2D eigenvalue weighted by molar-refractivity contribution is 7.99. The van der Waals surface area contributed by atoms with Crippen LogP contribution in [0.15, 0.2) is 39.6 Å². The Morgan fingerprint density at radius 3 is 2.97 bits per heavy atom. The van der Waals surface area contributed by atoms with E-state index in [-0.39, 0.29) is 36.4 Å². The molecular formula is C22H23N3O6S2. The van der Waals surface area contributed by atoms with Gasteiger partial charge in [0.1, 0.15) is 4.70 Å². The Bertz CT molecular complexity index is 1220. The fourth-order valence-corrected chi connectivity index (χ4v) is 4.90. The van der Waals surface area contributed by atoms with Gasteiger partial charge in [-0.3, -0.25) is 19.0 Å². The largest absolute Gasteiger partial charge is 0.465 e. The zero-order valence-electron chi connectivity index (χ0n) is 18.0. The lowest BCUT2D eigenvalue weighted by atomic mass is 10.2. The lowest BCUT2D eigenvalue weighted by Gasteiger charge is -2.12. The Morgan fingerprint density at radius 1 is 1.27 bits per heavy atom. The lowest BCUT2D eigenvalue weighted by Crippen LogP contribution is -2.26. The molecule has 4 rings (SSSR count). The normalized spacial score (nSPS) is 12.2. The van der Waals surface area contributed by atoms with Crippen molar-refractivity contribution in [2.45, 2.75) is 38.0 Å². The van der Waals surface area contributed by atoms with Crippen LogP contribution in [0.1, 0.15) is 25.3 Å². The molecule has 0 aliphatic carbocycles. The molecule has 33 heavy (non-hydrogen) atoms. The molecule has 0 atom stereocenters. The van der Waals surface area contributed by atoms with Gasteiger partial charge >= 0.3 is 5.97 Å². The number of amides is 1. The number of fused-ring (bicyclic) bond motifs is 2. The third kappa shape index (κ3) is 5.66. The molecular weight excluding hydrogens is 466 g/mol. The quantitative estimate of drug-likeness (QED) is 0.263. The van der Waals surface area contributed by atoms with Crippen LogP contribution in [0.2, 0.25) is 0 Å². The van der Waals surface area contributed by atoms with E-state index < -0.39 is 0 Å². The standard InChI is InChI=1S/C22H23N3O6S2/c1-2-29-19(27)12-33-22-24-15-7-9-32-20(15)21(28)25(22)8-3-4-18(26)23-11-14-5-6-16-17(10-14)31-13-30-16/h5-7,9-10H,2-4,8,11-13H2,1H3,(H,23,26). The topological polar surface area (TPSA) is 109 Å². The van der Waals surface area contributed by atoms with Gasteiger partial charge in [-0.05, 0) is 42.5 Å². The van der Waals surface area contributed by atoms with E-state index in [1.807, 2.05) is 23.6 Å².